The van der Waals surface area contributed by atoms with E-state index in [1.54, 1.807) is 25.3 Å². The molecule has 0 bridgehead atoms. The summed E-state index contributed by atoms with van der Waals surface area (Å²) in [5.74, 6) is -1.40. The number of H-pyrrole nitrogens is 1. The Balaban J connectivity index is 1.31. The quantitative estimate of drug-likeness (QED) is 0.145. The number of rotatable bonds is 13. The van der Waals surface area contributed by atoms with Crippen LogP contribution in [0.4, 0.5) is 4.79 Å². The van der Waals surface area contributed by atoms with Crippen LogP contribution in [0.1, 0.15) is 30.5 Å². The molecule has 11 heteroatoms. The van der Waals surface area contributed by atoms with Gasteiger partial charge in [-0.05, 0) is 55.2 Å². The maximum atomic E-state index is 13.9. The van der Waals surface area contributed by atoms with Crippen LogP contribution in [0.15, 0.2) is 85.1 Å². The lowest BCUT2D eigenvalue weighted by Gasteiger charge is -2.25. The van der Waals surface area contributed by atoms with Gasteiger partial charge in [0.15, 0.2) is 5.78 Å². The van der Waals surface area contributed by atoms with Crippen molar-refractivity contribution >= 4 is 34.6 Å². The van der Waals surface area contributed by atoms with Gasteiger partial charge < -0.3 is 35.5 Å². The Hall–Kier alpha value is -5.16. The zero-order valence-corrected chi connectivity index (χ0v) is 25.0. The van der Waals surface area contributed by atoms with E-state index in [0.29, 0.717) is 0 Å². The number of nitrogens with one attached hydrogen (secondary N) is 4. The number of ketones is 1. The van der Waals surface area contributed by atoms with Gasteiger partial charge in [-0.1, -0.05) is 60.7 Å². The molecule has 4 unspecified atom stereocenters. The molecule has 1 saturated heterocycles. The highest BCUT2D eigenvalue weighted by molar-refractivity contribution is 5.98. The third-order valence-corrected chi connectivity index (χ3v) is 7.78. The number of amides is 3. The van der Waals surface area contributed by atoms with Crippen LogP contribution in [0.25, 0.3) is 10.9 Å². The zero-order valence-electron chi connectivity index (χ0n) is 25.0. The molecule has 234 valence electrons. The number of hydrogen-bond donors (Lipinski definition) is 5. The van der Waals surface area contributed by atoms with Crippen molar-refractivity contribution in [3.05, 3.63) is 102 Å². The molecule has 4 atom stereocenters. The molecular formula is C34H36N4O7. The van der Waals surface area contributed by atoms with Crippen molar-refractivity contribution in [3.8, 4) is 5.75 Å². The molecule has 0 spiro atoms. The van der Waals surface area contributed by atoms with E-state index in [-0.39, 0.29) is 37.6 Å². The second kappa shape index (κ2) is 13.6. The summed E-state index contributed by atoms with van der Waals surface area (Å²) in [6, 6.07) is 20.0. The summed E-state index contributed by atoms with van der Waals surface area (Å²) in [5, 5.41) is 18.7. The van der Waals surface area contributed by atoms with E-state index in [1.807, 2.05) is 54.6 Å². The average Bonchev–Trinajstić information content (AvgIpc) is 3.67. The van der Waals surface area contributed by atoms with Gasteiger partial charge in [0.05, 0.1) is 12.6 Å². The molecule has 1 aromatic heterocycles. The molecular weight excluding hydrogens is 576 g/mol. The molecule has 5 N–H and O–H groups in total. The summed E-state index contributed by atoms with van der Waals surface area (Å²) in [5.41, 5.74) is 2.16. The molecule has 1 fully saturated rings. The van der Waals surface area contributed by atoms with Crippen molar-refractivity contribution in [2.75, 3.05) is 6.61 Å². The van der Waals surface area contributed by atoms with Crippen LogP contribution in [0.5, 0.6) is 5.75 Å². The van der Waals surface area contributed by atoms with E-state index in [9.17, 15) is 24.3 Å². The number of aromatic hydroxyl groups is 1. The monoisotopic (exact) mass is 612 g/mol. The minimum atomic E-state index is -1.09. The fraction of sp³-hybridized carbons (Fsp3) is 0.294. The van der Waals surface area contributed by atoms with Crippen molar-refractivity contribution in [2.45, 2.75) is 57.0 Å². The summed E-state index contributed by atoms with van der Waals surface area (Å²) in [6.07, 6.45) is 1.26. The summed E-state index contributed by atoms with van der Waals surface area (Å²) in [4.78, 5) is 56.2. The molecule has 4 aromatic rings. The Morgan fingerprint density at radius 3 is 2.24 bits per heavy atom. The number of fused-ring (bicyclic) bond motifs is 1. The lowest BCUT2D eigenvalue weighted by atomic mass is 9.94. The Morgan fingerprint density at radius 2 is 1.53 bits per heavy atom. The van der Waals surface area contributed by atoms with Crippen molar-refractivity contribution in [1.29, 1.82) is 0 Å². The van der Waals surface area contributed by atoms with Crippen molar-refractivity contribution in [1.82, 2.24) is 20.9 Å². The van der Waals surface area contributed by atoms with Crippen LogP contribution in [0.3, 0.4) is 0 Å². The molecule has 0 saturated carbocycles. The SMILES string of the molecule is CC(NC(=O)OCc1ccccc1)C(=O)NC(Cc1c[nH]c2ccccc12)C(=O)NC(Cc1ccc(O)cc1)C(=O)C1(C)CO1. The predicted molar refractivity (Wildman–Crippen MR) is 166 cm³/mol. The van der Waals surface area contributed by atoms with Gasteiger partial charge in [-0.2, -0.15) is 0 Å². The molecule has 45 heavy (non-hydrogen) atoms. The van der Waals surface area contributed by atoms with Gasteiger partial charge in [0.25, 0.3) is 0 Å². The van der Waals surface area contributed by atoms with E-state index < -0.39 is 41.6 Å². The molecule has 2 heterocycles. The first-order valence-corrected chi connectivity index (χ1v) is 14.7. The molecule has 1 aliphatic rings. The highest BCUT2D eigenvalue weighted by Gasteiger charge is 2.50. The number of carbonyl (C=O) groups excluding carboxylic acids is 4. The maximum Gasteiger partial charge on any atom is 0.408 e. The van der Waals surface area contributed by atoms with Gasteiger partial charge in [0.1, 0.15) is 30.0 Å². The van der Waals surface area contributed by atoms with Crippen molar-refractivity contribution in [3.63, 3.8) is 0 Å². The minimum Gasteiger partial charge on any atom is -0.508 e. The van der Waals surface area contributed by atoms with Crippen LogP contribution in [0, 0.1) is 0 Å². The molecule has 5 rings (SSSR count). The third-order valence-electron chi connectivity index (χ3n) is 7.78. The predicted octanol–water partition coefficient (Wildman–Crippen LogP) is 3.30. The number of aromatic nitrogens is 1. The molecule has 3 amide bonds. The van der Waals surface area contributed by atoms with Crippen LogP contribution in [-0.2, 0) is 43.3 Å². The van der Waals surface area contributed by atoms with Gasteiger partial charge >= 0.3 is 6.09 Å². The number of phenols is 1. The number of alkyl carbamates (subject to hydrolysis) is 1. The number of epoxide rings is 1. The Labute approximate surface area is 260 Å². The topological polar surface area (TPSA) is 162 Å². The number of Topliss-reactive ketones (excluding diaryl/α,β-unsaturated/α-hetero) is 1. The van der Waals surface area contributed by atoms with Crippen LogP contribution in [0.2, 0.25) is 0 Å². The number of hydrogen-bond acceptors (Lipinski definition) is 7. The number of benzene rings is 3. The Morgan fingerprint density at radius 1 is 0.867 bits per heavy atom. The van der Waals surface area contributed by atoms with Gasteiger partial charge in [0, 0.05) is 23.5 Å². The first kappa shape index (κ1) is 31.3. The Bertz CT molecular complexity index is 1660. The Kier molecular flexibility index (Phi) is 9.48. The van der Waals surface area contributed by atoms with Gasteiger partial charge in [-0.15, -0.1) is 0 Å². The average molecular weight is 613 g/mol. The number of para-hydroxylation sites is 1. The molecule has 1 aliphatic heterocycles. The van der Waals surface area contributed by atoms with Crippen LogP contribution < -0.4 is 16.0 Å². The van der Waals surface area contributed by atoms with Crippen LogP contribution >= 0.6 is 0 Å². The standard InChI is InChI=1S/C34H36N4O7/c1-21(36-33(43)44-19-23-8-4-3-5-9-23)31(41)38-29(17-24-18-35-27-11-7-6-10-26(24)27)32(42)37-28(30(40)34(2)20-45-34)16-22-12-14-25(39)15-13-22/h3-15,18,21,28-29,35,39H,16-17,19-20H2,1-2H3,(H,36,43)(H,37,42)(H,38,41). The maximum absolute atomic E-state index is 13.9. The second-order valence-electron chi connectivity index (χ2n) is 11.4. The minimum absolute atomic E-state index is 0.0334. The van der Waals surface area contributed by atoms with Gasteiger partial charge in [0.2, 0.25) is 11.8 Å². The summed E-state index contributed by atoms with van der Waals surface area (Å²) in [7, 11) is 0. The normalized spacial score (nSPS) is 17.5. The lowest BCUT2D eigenvalue weighted by Crippen LogP contribution is -2.57. The zero-order chi connectivity index (χ0) is 32.0. The molecule has 3 aromatic carbocycles. The third kappa shape index (κ3) is 8.07. The fourth-order valence-corrected chi connectivity index (χ4v) is 5.00. The molecule has 0 aliphatic carbocycles. The lowest BCUT2D eigenvalue weighted by molar-refractivity contribution is -0.133. The van der Waals surface area contributed by atoms with Gasteiger partial charge in [-0.25, -0.2) is 4.79 Å². The largest absolute Gasteiger partial charge is 0.508 e. The van der Waals surface area contributed by atoms with Gasteiger partial charge in [-0.3, -0.25) is 14.4 Å². The van der Waals surface area contributed by atoms with E-state index in [4.69, 9.17) is 9.47 Å². The number of phenolic OH excluding ortho intramolecular Hbond substituents is 1. The highest BCUT2D eigenvalue weighted by atomic mass is 16.6. The fourth-order valence-electron chi connectivity index (χ4n) is 5.00. The van der Waals surface area contributed by atoms with E-state index in [2.05, 4.69) is 20.9 Å². The van der Waals surface area contributed by atoms with E-state index in [1.165, 1.54) is 19.1 Å². The first-order valence-electron chi connectivity index (χ1n) is 14.7. The molecule has 11 nitrogen and oxygen atoms in total. The summed E-state index contributed by atoms with van der Waals surface area (Å²) < 4.78 is 10.6. The van der Waals surface area contributed by atoms with Crippen LogP contribution in [-0.4, -0.2) is 64.1 Å². The number of aromatic amines is 1. The summed E-state index contributed by atoms with van der Waals surface area (Å²) >= 11 is 0. The van der Waals surface area contributed by atoms with E-state index >= 15 is 0 Å². The van der Waals surface area contributed by atoms with Crippen molar-refractivity contribution < 1.29 is 33.8 Å². The summed E-state index contributed by atoms with van der Waals surface area (Å²) in [6.45, 7) is 3.43. The highest BCUT2D eigenvalue weighted by Crippen LogP contribution is 2.29. The number of carbonyl (C=O) groups is 4. The number of ether oxygens (including phenoxy) is 2. The second-order valence-corrected chi connectivity index (χ2v) is 11.4. The van der Waals surface area contributed by atoms with Crippen molar-refractivity contribution in [2.24, 2.45) is 0 Å². The first-order chi connectivity index (χ1) is 21.6. The van der Waals surface area contributed by atoms with E-state index in [0.717, 1.165) is 27.6 Å². The smallest absolute Gasteiger partial charge is 0.408 e. The molecule has 0 radical (unpaired) electrons.